The van der Waals surface area contributed by atoms with Gasteiger partial charge in [-0.05, 0) is 24.3 Å². The molecular formula is C15H23Cl2N3O2. The number of anilines is 1. The molecule has 0 bridgehead atoms. The van der Waals surface area contributed by atoms with Gasteiger partial charge in [0.05, 0.1) is 32.7 Å². The average Bonchev–Trinajstić information content (AvgIpc) is 2.49. The highest BCUT2D eigenvalue weighted by molar-refractivity contribution is 6.30. The Bertz CT molecular complexity index is 449. The molecule has 7 heteroatoms. The van der Waals surface area contributed by atoms with Crippen LogP contribution < -0.4 is 22.6 Å². The molecule has 1 fully saturated rings. The molecule has 0 spiro atoms. The Morgan fingerprint density at radius 1 is 1.27 bits per heavy atom. The van der Waals surface area contributed by atoms with Crippen molar-refractivity contribution in [1.82, 2.24) is 4.90 Å². The van der Waals surface area contributed by atoms with Gasteiger partial charge in [-0.25, -0.2) is 0 Å². The number of halogens is 2. The number of benzene rings is 1. The summed E-state index contributed by atoms with van der Waals surface area (Å²) in [6, 6.07) is 7.15. The fourth-order valence-electron chi connectivity index (χ4n) is 2.53. The minimum atomic E-state index is 0. The monoisotopic (exact) mass is 347 g/mol. The number of rotatable bonds is 6. The number of hydrogen-bond acceptors (Lipinski definition) is 3. The third kappa shape index (κ3) is 6.50. The highest BCUT2D eigenvalue weighted by atomic mass is 35.5. The molecular weight excluding hydrogens is 325 g/mol. The smallest absolute Gasteiger partial charge is 0.230 e. The predicted molar refractivity (Wildman–Crippen MR) is 83.8 cm³/mol. The molecule has 1 heterocycles. The summed E-state index contributed by atoms with van der Waals surface area (Å²) in [5.74, 6) is 0.0441. The molecule has 0 unspecified atom stereocenters. The van der Waals surface area contributed by atoms with Crippen LogP contribution in [0.15, 0.2) is 24.3 Å². The Kier molecular flexibility index (Phi) is 8.75. The number of nitrogens with zero attached hydrogens (tertiary/aromatic N) is 1. The van der Waals surface area contributed by atoms with E-state index >= 15 is 0 Å². The highest BCUT2D eigenvalue weighted by Crippen LogP contribution is 2.13. The first-order chi connectivity index (χ1) is 10.2. The van der Waals surface area contributed by atoms with Crippen molar-refractivity contribution in [1.29, 1.82) is 0 Å². The number of carbonyl (C=O) groups excluding carboxylic acids is 1. The molecule has 0 aromatic heterocycles. The lowest BCUT2D eigenvalue weighted by atomic mass is 10.2. The van der Waals surface area contributed by atoms with Crippen molar-refractivity contribution in [3.63, 3.8) is 0 Å². The van der Waals surface area contributed by atoms with Crippen LogP contribution in [0.4, 0.5) is 5.69 Å². The van der Waals surface area contributed by atoms with Gasteiger partial charge in [0.25, 0.3) is 0 Å². The minimum absolute atomic E-state index is 0. The van der Waals surface area contributed by atoms with E-state index < -0.39 is 0 Å². The van der Waals surface area contributed by atoms with Gasteiger partial charge in [-0.15, -0.1) is 0 Å². The van der Waals surface area contributed by atoms with Crippen LogP contribution in [-0.4, -0.2) is 61.8 Å². The quantitative estimate of drug-likeness (QED) is 0.510. The van der Waals surface area contributed by atoms with Gasteiger partial charge in [-0.1, -0.05) is 11.6 Å². The Morgan fingerprint density at radius 2 is 1.91 bits per heavy atom. The van der Waals surface area contributed by atoms with Crippen molar-refractivity contribution in [2.75, 3.05) is 51.2 Å². The van der Waals surface area contributed by atoms with Crippen LogP contribution in [0.3, 0.4) is 0 Å². The van der Waals surface area contributed by atoms with E-state index in [9.17, 15) is 4.79 Å². The Morgan fingerprint density at radius 3 is 2.50 bits per heavy atom. The molecule has 1 aliphatic heterocycles. The molecule has 0 radical (unpaired) electrons. The molecule has 0 saturated carbocycles. The third-order valence-corrected chi connectivity index (χ3v) is 4.06. The first-order valence-electron chi connectivity index (χ1n) is 7.39. The zero-order valence-electron chi connectivity index (χ0n) is 12.5. The summed E-state index contributed by atoms with van der Waals surface area (Å²) in [6.07, 6.45) is 0.526. The summed E-state index contributed by atoms with van der Waals surface area (Å²) >= 11 is 5.81. The molecule has 1 aromatic carbocycles. The molecule has 3 N–H and O–H groups in total. The highest BCUT2D eigenvalue weighted by Gasteiger charge is 2.19. The molecule has 1 aliphatic rings. The van der Waals surface area contributed by atoms with E-state index in [0.29, 0.717) is 11.4 Å². The number of aliphatic hydroxyl groups is 1. The van der Waals surface area contributed by atoms with Gasteiger partial charge in [0.1, 0.15) is 0 Å². The Hall–Kier alpha value is -0.850. The van der Waals surface area contributed by atoms with Gasteiger partial charge in [0, 0.05) is 30.3 Å². The Balaban J connectivity index is 0.00000242. The topological polar surface area (TPSA) is 57.0 Å². The van der Waals surface area contributed by atoms with Gasteiger partial charge in [-0.2, -0.15) is 0 Å². The number of nitrogens with one attached hydrogen (secondary N) is 2. The first-order valence-corrected chi connectivity index (χ1v) is 7.77. The standard InChI is InChI=1S/C15H22ClN3O2.ClH/c16-13-1-3-14(4-2-13)17-15(21)5-6-18-7-9-19(10-8-18)11-12-20;/h1-4,20H,5-12H2,(H,17,21);1H. The van der Waals surface area contributed by atoms with Crippen LogP contribution in [0.25, 0.3) is 0 Å². The maximum Gasteiger partial charge on any atom is 0.230 e. The van der Waals surface area contributed by atoms with Crippen LogP contribution in [-0.2, 0) is 4.79 Å². The van der Waals surface area contributed by atoms with E-state index in [1.165, 1.54) is 4.90 Å². The van der Waals surface area contributed by atoms with Crippen molar-refractivity contribution in [2.45, 2.75) is 6.42 Å². The van der Waals surface area contributed by atoms with Crippen molar-refractivity contribution in [3.8, 4) is 0 Å². The van der Waals surface area contributed by atoms with E-state index in [2.05, 4.69) is 10.2 Å². The summed E-state index contributed by atoms with van der Waals surface area (Å²) in [5, 5.41) is 12.5. The van der Waals surface area contributed by atoms with E-state index in [1.54, 1.807) is 24.3 Å². The molecule has 0 atom stereocenters. The van der Waals surface area contributed by atoms with Gasteiger partial charge < -0.3 is 27.7 Å². The molecule has 2 rings (SSSR count). The fraction of sp³-hybridized carbons (Fsp3) is 0.533. The number of quaternary nitrogens is 1. The van der Waals surface area contributed by atoms with Gasteiger partial charge in [0.2, 0.25) is 5.91 Å². The van der Waals surface area contributed by atoms with E-state index in [1.807, 2.05) is 0 Å². The normalized spacial score (nSPS) is 16.1. The number of piperazine rings is 1. The summed E-state index contributed by atoms with van der Waals surface area (Å²) in [5.41, 5.74) is 0.784. The number of β-amino-alcohol motifs (C(OH)–C–C–N with tert-alkyl or cyclic N) is 1. The molecule has 1 amide bonds. The second kappa shape index (κ2) is 10.0. The largest absolute Gasteiger partial charge is 1.00 e. The molecule has 124 valence electrons. The second-order valence-corrected chi connectivity index (χ2v) is 5.81. The zero-order valence-corrected chi connectivity index (χ0v) is 14.0. The van der Waals surface area contributed by atoms with Crippen molar-refractivity contribution in [3.05, 3.63) is 29.3 Å². The summed E-state index contributed by atoms with van der Waals surface area (Å²) in [7, 11) is 0. The second-order valence-electron chi connectivity index (χ2n) is 5.37. The zero-order chi connectivity index (χ0) is 15.1. The number of carbonyl (C=O) groups is 1. The number of hydrogen-bond donors (Lipinski definition) is 3. The van der Waals surface area contributed by atoms with Gasteiger partial charge in [-0.3, -0.25) is 9.69 Å². The van der Waals surface area contributed by atoms with Crippen molar-refractivity contribution >= 4 is 23.2 Å². The Labute approximate surface area is 142 Å². The van der Waals surface area contributed by atoms with Crippen LogP contribution in [0.1, 0.15) is 6.42 Å². The maximum atomic E-state index is 11.9. The van der Waals surface area contributed by atoms with E-state index in [-0.39, 0.29) is 24.9 Å². The van der Waals surface area contributed by atoms with Crippen LogP contribution >= 0.6 is 11.6 Å². The van der Waals surface area contributed by atoms with Crippen molar-refractivity contribution < 1.29 is 27.2 Å². The number of aliphatic hydroxyl groups excluding tert-OH is 1. The van der Waals surface area contributed by atoms with E-state index in [0.717, 1.165) is 45.0 Å². The maximum absolute atomic E-state index is 11.9. The van der Waals surface area contributed by atoms with E-state index in [4.69, 9.17) is 16.7 Å². The first kappa shape index (κ1) is 19.2. The predicted octanol–water partition coefficient (Wildman–Crippen LogP) is -3.13. The summed E-state index contributed by atoms with van der Waals surface area (Å²) in [6.45, 7) is 5.89. The van der Waals surface area contributed by atoms with Crippen LogP contribution in [0, 0.1) is 0 Å². The van der Waals surface area contributed by atoms with Crippen LogP contribution in [0.2, 0.25) is 5.02 Å². The SMILES string of the molecule is O=C(CC[NH+]1CCN(CCO)CC1)Nc1ccc(Cl)cc1.[Cl-]. The lowest BCUT2D eigenvalue weighted by molar-refractivity contribution is -0.903. The van der Waals surface area contributed by atoms with Gasteiger partial charge in [0.15, 0.2) is 0 Å². The molecule has 0 aliphatic carbocycles. The average molecular weight is 348 g/mol. The van der Waals surface area contributed by atoms with Gasteiger partial charge >= 0.3 is 0 Å². The van der Waals surface area contributed by atoms with Crippen LogP contribution in [0.5, 0.6) is 0 Å². The summed E-state index contributed by atoms with van der Waals surface area (Å²) in [4.78, 5) is 15.6. The summed E-state index contributed by atoms with van der Waals surface area (Å²) < 4.78 is 0. The third-order valence-electron chi connectivity index (χ3n) is 3.81. The minimum Gasteiger partial charge on any atom is -1.00 e. The van der Waals surface area contributed by atoms with Crippen molar-refractivity contribution in [2.24, 2.45) is 0 Å². The molecule has 5 nitrogen and oxygen atoms in total. The number of amides is 1. The lowest BCUT2D eigenvalue weighted by Gasteiger charge is -2.31. The molecule has 1 saturated heterocycles. The fourth-order valence-corrected chi connectivity index (χ4v) is 2.66. The lowest BCUT2D eigenvalue weighted by Crippen LogP contribution is -3.14. The molecule has 22 heavy (non-hydrogen) atoms. The molecule has 1 aromatic rings.